The van der Waals surface area contributed by atoms with Gasteiger partial charge in [-0.3, -0.25) is 4.79 Å². The molecule has 172 valence electrons. The molecule has 9 nitrogen and oxygen atoms in total. The highest BCUT2D eigenvalue weighted by Gasteiger charge is 2.40. The van der Waals surface area contributed by atoms with Crippen LogP contribution in [0.15, 0.2) is 28.9 Å². The first-order chi connectivity index (χ1) is 15.3. The Hall–Kier alpha value is -3.31. The maximum atomic E-state index is 13.0. The lowest BCUT2D eigenvalue weighted by Crippen LogP contribution is -2.49. The van der Waals surface area contributed by atoms with E-state index in [2.05, 4.69) is 19.9 Å². The van der Waals surface area contributed by atoms with E-state index >= 15 is 0 Å². The summed E-state index contributed by atoms with van der Waals surface area (Å²) >= 11 is 0. The number of nitrogens with one attached hydrogen (secondary N) is 1. The number of rotatable bonds is 6. The van der Waals surface area contributed by atoms with Crippen LogP contribution in [0, 0.1) is 5.92 Å². The number of anilines is 1. The molecule has 4 rings (SSSR count). The molecule has 0 atom stereocenters. The summed E-state index contributed by atoms with van der Waals surface area (Å²) in [6.07, 6.45) is -1.10. The Labute approximate surface area is 181 Å². The van der Waals surface area contributed by atoms with E-state index in [1.54, 1.807) is 6.07 Å². The third-order valence-corrected chi connectivity index (χ3v) is 5.39. The molecule has 0 unspecified atom stereocenters. The van der Waals surface area contributed by atoms with Crippen LogP contribution >= 0.6 is 0 Å². The van der Waals surface area contributed by atoms with Crippen molar-refractivity contribution in [1.82, 2.24) is 20.4 Å². The number of amides is 2. The minimum Gasteiger partial charge on any atom is -0.459 e. The lowest BCUT2D eigenvalue weighted by Gasteiger charge is -2.35. The maximum absolute atomic E-state index is 13.0. The fraction of sp³-hybridized carbons (Fsp3) is 0.500. The highest BCUT2D eigenvalue weighted by Crippen LogP contribution is 2.33. The second-order valence-corrected chi connectivity index (χ2v) is 7.72. The predicted octanol–water partition coefficient (Wildman–Crippen LogP) is 2.94. The highest BCUT2D eigenvalue weighted by atomic mass is 19.4. The molecule has 1 aliphatic heterocycles. The number of nitrogens with zero attached hydrogens (tertiary/aromatic N) is 4. The van der Waals surface area contributed by atoms with Gasteiger partial charge in [0.1, 0.15) is 0 Å². The molecule has 0 spiro atoms. The van der Waals surface area contributed by atoms with Crippen LogP contribution in [0.4, 0.5) is 23.8 Å². The van der Waals surface area contributed by atoms with Gasteiger partial charge in [0, 0.05) is 38.8 Å². The van der Waals surface area contributed by atoms with Gasteiger partial charge in [0.05, 0.1) is 11.8 Å². The van der Waals surface area contributed by atoms with Crippen molar-refractivity contribution in [2.75, 3.05) is 37.6 Å². The topological polar surface area (TPSA) is 101 Å². The number of aromatic nitrogens is 2. The van der Waals surface area contributed by atoms with Gasteiger partial charge in [-0.05, 0) is 24.5 Å². The van der Waals surface area contributed by atoms with Gasteiger partial charge < -0.3 is 24.3 Å². The quantitative estimate of drug-likeness (QED) is 0.718. The lowest BCUT2D eigenvalue weighted by molar-refractivity contribution is -0.153. The van der Waals surface area contributed by atoms with Gasteiger partial charge in [-0.1, -0.05) is 12.8 Å². The second kappa shape index (κ2) is 9.05. The maximum Gasteiger partial charge on any atom is 0.450 e. The molecule has 2 fully saturated rings. The van der Waals surface area contributed by atoms with Crippen molar-refractivity contribution in [3.63, 3.8) is 0 Å². The van der Waals surface area contributed by atoms with E-state index in [0.29, 0.717) is 31.4 Å². The fourth-order valence-electron chi connectivity index (χ4n) is 3.46. The fourth-order valence-corrected chi connectivity index (χ4v) is 3.46. The summed E-state index contributed by atoms with van der Waals surface area (Å²) in [4.78, 5) is 27.4. The van der Waals surface area contributed by atoms with Crippen LogP contribution in [0.25, 0.3) is 0 Å². The Morgan fingerprint density at radius 3 is 2.50 bits per heavy atom. The molecule has 2 amide bonds. The van der Waals surface area contributed by atoms with Crippen LogP contribution in [0.5, 0.6) is 5.88 Å². The van der Waals surface area contributed by atoms with Gasteiger partial charge in [-0.15, -0.1) is 10.2 Å². The average Bonchev–Trinajstić information content (AvgIpc) is 3.44. The standard InChI is InChI=1S/C20H22F3N5O4/c21-20(22,23)17-14(6-12-31-17)18(29)28-10-8-27(9-11-28)15-3-4-16(26-25-15)32-19(30)24-7-5-13-1-2-13/h3-4,6,12-13H,1-2,5,7-11H2,(H,24,30). The van der Waals surface area contributed by atoms with Crippen LogP contribution in [-0.4, -0.2) is 59.8 Å². The van der Waals surface area contributed by atoms with Gasteiger partial charge >= 0.3 is 12.3 Å². The van der Waals surface area contributed by atoms with E-state index in [1.807, 2.05) is 4.90 Å². The van der Waals surface area contributed by atoms with Crippen LogP contribution in [0.3, 0.4) is 0 Å². The average molecular weight is 453 g/mol. The van der Waals surface area contributed by atoms with Crippen LogP contribution in [0.2, 0.25) is 0 Å². The summed E-state index contributed by atoms with van der Waals surface area (Å²) in [5.41, 5.74) is -0.498. The normalized spacial score (nSPS) is 16.7. The molecule has 12 heteroatoms. The van der Waals surface area contributed by atoms with E-state index in [4.69, 9.17) is 4.74 Å². The Morgan fingerprint density at radius 1 is 1.12 bits per heavy atom. The van der Waals surface area contributed by atoms with E-state index in [1.165, 1.54) is 23.8 Å². The van der Waals surface area contributed by atoms with Crippen molar-refractivity contribution in [3.8, 4) is 5.88 Å². The molecular formula is C20H22F3N5O4. The molecule has 32 heavy (non-hydrogen) atoms. The van der Waals surface area contributed by atoms with Crippen LogP contribution in [-0.2, 0) is 6.18 Å². The number of ether oxygens (including phenoxy) is 1. The van der Waals surface area contributed by atoms with Gasteiger partial charge in [0.15, 0.2) is 5.82 Å². The number of alkyl halides is 3. The molecule has 2 aliphatic rings. The Morgan fingerprint density at radius 2 is 1.88 bits per heavy atom. The first-order valence-electron chi connectivity index (χ1n) is 10.3. The van der Waals surface area contributed by atoms with Gasteiger partial charge in [0.2, 0.25) is 11.6 Å². The molecular weight excluding hydrogens is 431 g/mol. The van der Waals surface area contributed by atoms with Crippen molar-refractivity contribution < 1.29 is 31.9 Å². The molecule has 0 radical (unpaired) electrons. The van der Waals surface area contributed by atoms with E-state index in [0.717, 1.165) is 18.8 Å². The summed E-state index contributed by atoms with van der Waals surface area (Å²) in [6, 6.07) is 4.18. The summed E-state index contributed by atoms with van der Waals surface area (Å²) in [6.45, 7) is 1.71. The molecule has 0 aromatic carbocycles. The van der Waals surface area contributed by atoms with Crippen molar-refractivity contribution in [2.24, 2.45) is 5.92 Å². The zero-order valence-electron chi connectivity index (χ0n) is 17.1. The largest absolute Gasteiger partial charge is 0.459 e. The minimum atomic E-state index is -4.73. The summed E-state index contributed by atoms with van der Waals surface area (Å²) in [5, 5.41) is 10.6. The molecule has 0 bridgehead atoms. The Kier molecular flexibility index (Phi) is 6.19. The van der Waals surface area contributed by atoms with E-state index in [9.17, 15) is 22.8 Å². The zero-order valence-corrected chi connectivity index (χ0v) is 17.1. The third-order valence-electron chi connectivity index (χ3n) is 5.39. The first-order valence-corrected chi connectivity index (χ1v) is 10.3. The molecule has 1 N–H and O–H groups in total. The summed E-state index contributed by atoms with van der Waals surface area (Å²) in [5.74, 6) is -0.739. The molecule has 2 aromatic rings. The summed E-state index contributed by atoms with van der Waals surface area (Å²) < 4.78 is 48.5. The van der Waals surface area contributed by atoms with Crippen molar-refractivity contribution in [3.05, 3.63) is 35.8 Å². The van der Waals surface area contributed by atoms with Crippen molar-refractivity contribution in [1.29, 1.82) is 0 Å². The number of carbonyl (C=O) groups is 2. The molecule has 3 heterocycles. The summed E-state index contributed by atoms with van der Waals surface area (Å²) in [7, 11) is 0. The van der Waals surface area contributed by atoms with Gasteiger partial charge in [0.25, 0.3) is 5.91 Å². The SMILES string of the molecule is O=C(NCCC1CC1)Oc1ccc(N2CCN(C(=O)c3ccoc3C(F)(F)F)CC2)nn1. The van der Waals surface area contributed by atoms with Gasteiger partial charge in [-0.2, -0.15) is 13.2 Å². The van der Waals surface area contributed by atoms with E-state index < -0.39 is 29.5 Å². The van der Waals surface area contributed by atoms with Gasteiger partial charge in [-0.25, -0.2) is 4.79 Å². The van der Waals surface area contributed by atoms with E-state index in [-0.39, 0.29) is 19.0 Å². The first kappa shape index (κ1) is 21.9. The van der Waals surface area contributed by atoms with Crippen LogP contribution < -0.4 is 15.0 Å². The molecule has 2 aromatic heterocycles. The minimum absolute atomic E-state index is 0.0612. The molecule has 1 aliphatic carbocycles. The zero-order chi connectivity index (χ0) is 22.7. The molecule has 1 saturated heterocycles. The molecule has 1 saturated carbocycles. The monoisotopic (exact) mass is 453 g/mol. The predicted molar refractivity (Wildman–Crippen MR) is 105 cm³/mol. The number of carbonyl (C=O) groups excluding carboxylic acids is 2. The smallest absolute Gasteiger partial charge is 0.450 e. The number of piperazine rings is 1. The Bertz CT molecular complexity index is 951. The number of hydrogen-bond donors (Lipinski definition) is 1. The van der Waals surface area contributed by atoms with Crippen molar-refractivity contribution >= 4 is 17.8 Å². The lowest BCUT2D eigenvalue weighted by atomic mass is 10.2. The van der Waals surface area contributed by atoms with Crippen LogP contribution in [0.1, 0.15) is 35.4 Å². The third kappa shape index (κ3) is 5.29. The number of furan rings is 1. The second-order valence-electron chi connectivity index (χ2n) is 7.72. The highest BCUT2D eigenvalue weighted by molar-refractivity contribution is 5.95. The van der Waals surface area contributed by atoms with Crippen molar-refractivity contribution in [2.45, 2.75) is 25.4 Å². The Balaban J connectivity index is 1.27. The number of halogens is 3. The number of hydrogen-bond acceptors (Lipinski definition) is 7.